The van der Waals surface area contributed by atoms with E-state index in [2.05, 4.69) is 80.1 Å². The van der Waals surface area contributed by atoms with Crippen LogP contribution in [0.5, 0.6) is 0 Å². The topological polar surface area (TPSA) is 23.6 Å². The van der Waals surface area contributed by atoms with Gasteiger partial charge in [-0.2, -0.15) is 0 Å². The molecule has 1 atom stereocenters. The van der Waals surface area contributed by atoms with Crippen LogP contribution in [0.25, 0.3) is 5.57 Å². The van der Waals surface area contributed by atoms with Crippen LogP contribution in [0, 0.1) is 0 Å². The number of carbonyl (C=O) groups excluding carboxylic acids is 1. The van der Waals surface area contributed by atoms with Crippen molar-refractivity contribution in [2.24, 2.45) is 0 Å². The van der Waals surface area contributed by atoms with Crippen LogP contribution in [0.3, 0.4) is 0 Å². The van der Waals surface area contributed by atoms with E-state index in [1.54, 1.807) is 0 Å². The van der Waals surface area contributed by atoms with E-state index in [0.29, 0.717) is 6.42 Å². The van der Waals surface area contributed by atoms with Gasteiger partial charge in [0.15, 0.2) is 0 Å². The van der Waals surface area contributed by atoms with Gasteiger partial charge in [0.2, 0.25) is 0 Å². The highest BCUT2D eigenvalue weighted by molar-refractivity contribution is 5.92. The van der Waals surface area contributed by atoms with Gasteiger partial charge < -0.3 is 4.90 Å². The van der Waals surface area contributed by atoms with Crippen molar-refractivity contribution in [1.29, 1.82) is 0 Å². The molecule has 1 unspecified atom stereocenters. The van der Waals surface area contributed by atoms with Crippen LogP contribution >= 0.6 is 0 Å². The van der Waals surface area contributed by atoms with E-state index in [-0.39, 0.29) is 5.54 Å². The highest BCUT2D eigenvalue weighted by atomic mass is 16.1. The number of hydrogen-bond acceptors (Lipinski definition) is 3. The predicted molar refractivity (Wildman–Crippen MR) is 113 cm³/mol. The zero-order chi connectivity index (χ0) is 19.4. The van der Waals surface area contributed by atoms with Crippen molar-refractivity contribution >= 4 is 11.5 Å². The molecule has 0 N–H and O–H groups in total. The zero-order valence-electron chi connectivity index (χ0n) is 17.2. The van der Waals surface area contributed by atoms with Crippen molar-refractivity contribution in [3.63, 3.8) is 0 Å². The number of hydrogen-bond donors (Lipinski definition) is 0. The SMILES string of the molecule is CCN(CC)CCCCC1(N(C)C)C2=C(C=CCC2=C=O)c2ccccc21. The number of benzene rings is 1. The zero-order valence-corrected chi connectivity index (χ0v) is 17.2. The van der Waals surface area contributed by atoms with E-state index in [1.165, 1.54) is 28.7 Å². The highest BCUT2D eigenvalue weighted by Crippen LogP contribution is 2.54. The standard InChI is InChI=1S/C24H32N2O/c1-5-26(6-2)17-10-9-16-24(25(3)4)22-15-8-7-13-20(22)21-14-11-12-19(18-27)23(21)24/h7-8,11,13-15H,5-6,9-10,12,16-17H2,1-4H3. The molecule has 0 fully saturated rings. The fraction of sp³-hybridized carbons (Fsp3) is 0.500. The summed E-state index contributed by atoms with van der Waals surface area (Å²) in [6, 6.07) is 8.67. The third kappa shape index (κ3) is 3.36. The summed E-state index contributed by atoms with van der Waals surface area (Å²) in [5.41, 5.74) is 5.60. The molecule has 0 saturated carbocycles. The Bertz CT molecular complexity index is 794. The van der Waals surface area contributed by atoms with Crippen molar-refractivity contribution in [3.05, 3.63) is 58.7 Å². The van der Waals surface area contributed by atoms with Gasteiger partial charge in [-0.25, -0.2) is 4.79 Å². The molecule has 3 nitrogen and oxygen atoms in total. The molecule has 0 saturated heterocycles. The molecule has 0 bridgehead atoms. The molecule has 27 heavy (non-hydrogen) atoms. The maximum Gasteiger partial charge on any atom is 0.128 e. The first kappa shape index (κ1) is 19.8. The Morgan fingerprint density at radius 2 is 1.85 bits per heavy atom. The maximum absolute atomic E-state index is 11.8. The van der Waals surface area contributed by atoms with Gasteiger partial charge in [0.05, 0.1) is 5.54 Å². The Hall–Kier alpha value is -1.93. The average Bonchev–Trinajstić information content (AvgIpc) is 2.99. The largest absolute Gasteiger partial charge is 0.304 e. The van der Waals surface area contributed by atoms with Gasteiger partial charge in [-0.05, 0) is 75.3 Å². The first-order chi connectivity index (χ1) is 13.1. The molecule has 3 heteroatoms. The van der Waals surface area contributed by atoms with Crippen LogP contribution in [0.2, 0.25) is 0 Å². The summed E-state index contributed by atoms with van der Waals surface area (Å²) in [6.45, 7) is 7.81. The predicted octanol–water partition coefficient (Wildman–Crippen LogP) is 4.44. The fourth-order valence-electron chi connectivity index (χ4n) is 4.85. The monoisotopic (exact) mass is 364 g/mol. The van der Waals surface area contributed by atoms with Crippen LogP contribution < -0.4 is 0 Å². The van der Waals surface area contributed by atoms with Crippen molar-refractivity contribution in [2.75, 3.05) is 33.7 Å². The van der Waals surface area contributed by atoms with Gasteiger partial charge in [0.1, 0.15) is 5.94 Å². The molecule has 3 rings (SSSR count). The summed E-state index contributed by atoms with van der Waals surface area (Å²) < 4.78 is 0. The lowest BCUT2D eigenvalue weighted by molar-refractivity contribution is 0.178. The third-order valence-corrected chi connectivity index (χ3v) is 6.30. The minimum Gasteiger partial charge on any atom is -0.304 e. The first-order valence-corrected chi connectivity index (χ1v) is 10.2. The number of unbranched alkanes of at least 4 members (excludes halogenated alkanes) is 1. The van der Waals surface area contributed by atoms with Gasteiger partial charge in [-0.15, -0.1) is 0 Å². The second kappa shape index (κ2) is 8.39. The molecule has 2 aliphatic carbocycles. The van der Waals surface area contributed by atoms with E-state index in [4.69, 9.17) is 0 Å². The van der Waals surface area contributed by atoms with Gasteiger partial charge in [0, 0.05) is 12.0 Å². The molecule has 0 radical (unpaired) electrons. The van der Waals surface area contributed by atoms with Crippen molar-refractivity contribution in [1.82, 2.24) is 9.80 Å². The highest BCUT2D eigenvalue weighted by Gasteiger charge is 2.47. The lowest BCUT2D eigenvalue weighted by Crippen LogP contribution is -2.42. The number of rotatable bonds is 8. The molecule has 2 aliphatic rings. The Morgan fingerprint density at radius 3 is 2.52 bits per heavy atom. The van der Waals surface area contributed by atoms with Gasteiger partial charge in [-0.3, -0.25) is 4.90 Å². The average molecular weight is 365 g/mol. The molecule has 0 amide bonds. The van der Waals surface area contributed by atoms with Crippen LogP contribution in [0.1, 0.15) is 50.7 Å². The second-order valence-corrected chi connectivity index (χ2v) is 7.76. The lowest BCUT2D eigenvalue weighted by Gasteiger charge is -2.41. The Morgan fingerprint density at radius 1 is 1.11 bits per heavy atom. The van der Waals surface area contributed by atoms with Gasteiger partial charge in [-0.1, -0.05) is 50.3 Å². The van der Waals surface area contributed by atoms with Crippen molar-refractivity contribution in [3.8, 4) is 0 Å². The molecule has 1 aromatic carbocycles. The summed E-state index contributed by atoms with van der Waals surface area (Å²) in [4.78, 5) is 16.6. The van der Waals surface area contributed by atoms with Crippen LogP contribution in [-0.4, -0.2) is 49.5 Å². The van der Waals surface area contributed by atoms with Crippen molar-refractivity contribution < 1.29 is 4.79 Å². The second-order valence-electron chi connectivity index (χ2n) is 7.76. The molecule has 0 spiro atoms. The normalized spacial score (nSPS) is 21.0. The first-order valence-electron chi connectivity index (χ1n) is 10.2. The van der Waals surface area contributed by atoms with Gasteiger partial charge in [0.25, 0.3) is 0 Å². The quantitative estimate of drug-likeness (QED) is 0.503. The van der Waals surface area contributed by atoms with E-state index in [0.717, 1.165) is 38.0 Å². The van der Waals surface area contributed by atoms with E-state index in [9.17, 15) is 4.79 Å². The Balaban J connectivity index is 1.98. The Labute approximate surface area is 164 Å². The van der Waals surface area contributed by atoms with E-state index >= 15 is 0 Å². The molecule has 1 aromatic rings. The van der Waals surface area contributed by atoms with E-state index in [1.807, 2.05) is 0 Å². The summed E-state index contributed by atoms with van der Waals surface area (Å²) in [5, 5.41) is 0. The number of likely N-dealkylation sites (N-methyl/N-ethyl adjacent to an activating group) is 1. The van der Waals surface area contributed by atoms with Crippen molar-refractivity contribution in [2.45, 2.75) is 45.1 Å². The summed E-state index contributed by atoms with van der Waals surface area (Å²) >= 11 is 0. The summed E-state index contributed by atoms with van der Waals surface area (Å²) in [7, 11) is 4.30. The molecule has 144 valence electrons. The van der Waals surface area contributed by atoms with Crippen LogP contribution in [0.15, 0.2) is 47.6 Å². The molecule has 0 heterocycles. The summed E-state index contributed by atoms with van der Waals surface area (Å²) in [6.07, 6.45) is 8.33. The number of allylic oxidation sites excluding steroid dienone is 3. The molecular weight excluding hydrogens is 332 g/mol. The van der Waals surface area contributed by atoms with Gasteiger partial charge >= 0.3 is 0 Å². The Kier molecular flexibility index (Phi) is 6.16. The summed E-state index contributed by atoms with van der Waals surface area (Å²) in [5.74, 6) is 2.27. The molecular formula is C24H32N2O. The smallest absolute Gasteiger partial charge is 0.128 e. The number of nitrogens with zero attached hydrogens (tertiary/aromatic N) is 2. The maximum atomic E-state index is 11.8. The minimum atomic E-state index is -0.229. The van der Waals surface area contributed by atoms with Crippen LogP contribution in [-0.2, 0) is 10.3 Å². The van der Waals surface area contributed by atoms with Crippen LogP contribution in [0.4, 0.5) is 0 Å². The minimum absolute atomic E-state index is 0.229. The fourth-order valence-corrected chi connectivity index (χ4v) is 4.85. The lowest BCUT2D eigenvalue weighted by atomic mass is 9.76. The van der Waals surface area contributed by atoms with E-state index < -0.39 is 0 Å². The number of fused-ring (bicyclic) bond motifs is 2. The third-order valence-electron chi connectivity index (χ3n) is 6.30. The molecule has 0 aliphatic heterocycles. The molecule has 0 aromatic heterocycles.